The summed E-state index contributed by atoms with van der Waals surface area (Å²) in [6.45, 7) is 3.42. The number of aromatic amines is 1. The summed E-state index contributed by atoms with van der Waals surface area (Å²) < 4.78 is 7.17. The number of ether oxygens (including phenoxy) is 1. The van der Waals surface area contributed by atoms with E-state index in [0.29, 0.717) is 6.61 Å². The SMILES string of the molecule is Cc1ccc2[nH]c(=O)n(C3CCOC3)c2c1. The monoisotopic (exact) mass is 218 g/mol. The molecule has 1 atom stereocenters. The average molecular weight is 218 g/mol. The van der Waals surface area contributed by atoms with E-state index in [1.54, 1.807) is 0 Å². The Kier molecular flexibility index (Phi) is 2.11. The Bertz CT molecular complexity index is 576. The number of hydrogen-bond acceptors (Lipinski definition) is 2. The maximum Gasteiger partial charge on any atom is 0.326 e. The summed E-state index contributed by atoms with van der Waals surface area (Å²) in [5.74, 6) is 0. The fourth-order valence-electron chi connectivity index (χ4n) is 2.32. The number of rotatable bonds is 1. The van der Waals surface area contributed by atoms with E-state index in [0.717, 1.165) is 24.1 Å². The van der Waals surface area contributed by atoms with Gasteiger partial charge in [-0.05, 0) is 31.0 Å². The lowest BCUT2D eigenvalue weighted by atomic mass is 10.2. The van der Waals surface area contributed by atoms with Gasteiger partial charge in [-0.2, -0.15) is 0 Å². The van der Waals surface area contributed by atoms with Crippen molar-refractivity contribution in [1.29, 1.82) is 0 Å². The van der Waals surface area contributed by atoms with Gasteiger partial charge in [0.05, 0.1) is 23.7 Å². The van der Waals surface area contributed by atoms with Crippen molar-refractivity contribution in [3.63, 3.8) is 0 Å². The molecule has 0 bridgehead atoms. The average Bonchev–Trinajstić information content (AvgIpc) is 2.83. The maximum atomic E-state index is 11.9. The highest BCUT2D eigenvalue weighted by molar-refractivity contribution is 5.76. The lowest BCUT2D eigenvalue weighted by Crippen LogP contribution is -2.22. The van der Waals surface area contributed by atoms with Gasteiger partial charge in [0, 0.05) is 6.61 Å². The lowest BCUT2D eigenvalue weighted by Gasteiger charge is -2.09. The molecular formula is C12H14N2O2. The van der Waals surface area contributed by atoms with Gasteiger partial charge in [-0.1, -0.05) is 6.07 Å². The molecule has 1 aliphatic rings. The Morgan fingerprint density at radius 2 is 2.38 bits per heavy atom. The minimum absolute atomic E-state index is 0.0314. The molecule has 1 N–H and O–H groups in total. The van der Waals surface area contributed by atoms with Gasteiger partial charge >= 0.3 is 5.69 Å². The summed E-state index contributed by atoms with van der Waals surface area (Å²) in [5, 5.41) is 0. The number of H-pyrrole nitrogens is 1. The molecule has 4 nitrogen and oxygen atoms in total. The zero-order chi connectivity index (χ0) is 11.1. The third-order valence-electron chi connectivity index (χ3n) is 3.14. The van der Waals surface area contributed by atoms with Crippen LogP contribution in [-0.2, 0) is 4.74 Å². The summed E-state index contributed by atoms with van der Waals surface area (Å²) in [6, 6.07) is 6.19. The van der Waals surface area contributed by atoms with Gasteiger partial charge in [0.15, 0.2) is 0 Å². The molecule has 2 aromatic rings. The van der Waals surface area contributed by atoms with Crippen LogP contribution in [0.2, 0.25) is 0 Å². The van der Waals surface area contributed by atoms with Crippen LogP contribution in [0.5, 0.6) is 0 Å². The van der Waals surface area contributed by atoms with E-state index < -0.39 is 0 Å². The highest BCUT2D eigenvalue weighted by Crippen LogP contribution is 2.22. The number of fused-ring (bicyclic) bond motifs is 1. The molecule has 1 aromatic heterocycles. The second-order valence-corrected chi connectivity index (χ2v) is 4.34. The molecule has 1 fully saturated rings. The van der Waals surface area contributed by atoms with Crippen molar-refractivity contribution in [2.45, 2.75) is 19.4 Å². The Morgan fingerprint density at radius 1 is 1.50 bits per heavy atom. The first-order valence-corrected chi connectivity index (χ1v) is 5.54. The second-order valence-electron chi connectivity index (χ2n) is 4.34. The first kappa shape index (κ1) is 9.66. The van der Waals surface area contributed by atoms with Crippen molar-refractivity contribution in [3.8, 4) is 0 Å². The van der Waals surface area contributed by atoms with Gasteiger partial charge in [-0.3, -0.25) is 4.57 Å². The first-order chi connectivity index (χ1) is 7.75. The van der Waals surface area contributed by atoms with Crippen molar-refractivity contribution in [2.24, 2.45) is 0 Å². The molecular weight excluding hydrogens is 204 g/mol. The molecule has 1 aromatic carbocycles. The molecule has 84 valence electrons. The fraction of sp³-hybridized carbons (Fsp3) is 0.417. The van der Waals surface area contributed by atoms with Gasteiger partial charge in [-0.25, -0.2) is 4.79 Å². The molecule has 0 saturated carbocycles. The van der Waals surface area contributed by atoms with E-state index in [1.807, 2.05) is 29.7 Å². The van der Waals surface area contributed by atoms with Gasteiger partial charge in [0.25, 0.3) is 0 Å². The van der Waals surface area contributed by atoms with Crippen molar-refractivity contribution >= 4 is 11.0 Å². The molecule has 16 heavy (non-hydrogen) atoms. The first-order valence-electron chi connectivity index (χ1n) is 5.54. The molecule has 4 heteroatoms. The Labute approximate surface area is 92.8 Å². The second kappa shape index (κ2) is 3.49. The largest absolute Gasteiger partial charge is 0.379 e. The van der Waals surface area contributed by atoms with Crippen LogP contribution in [-0.4, -0.2) is 22.8 Å². The number of aryl methyl sites for hydroxylation is 1. The van der Waals surface area contributed by atoms with Crippen LogP contribution >= 0.6 is 0 Å². The molecule has 0 spiro atoms. The minimum Gasteiger partial charge on any atom is -0.379 e. The predicted molar refractivity (Wildman–Crippen MR) is 61.8 cm³/mol. The van der Waals surface area contributed by atoms with Crippen LogP contribution in [0.25, 0.3) is 11.0 Å². The maximum absolute atomic E-state index is 11.9. The summed E-state index contributed by atoms with van der Waals surface area (Å²) >= 11 is 0. The summed E-state index contributed by atoms with van der Waals surface area (Å²) in [6.07, 6.45) is 0.917. The standard InChI is InChI=1S/C12H14N2O2/c1-8-2-3-10-11(6-8)14(12(15)13-10)9-4-5-16-7-9/h2-3,6,9H,4-5,7H2,1H3,(H,13,15). The van der Waals surface area contributed by atoms with Crippen LogP contribution in [0.4, 0.5) is 0 Å². The highest BCUT2D eigenvalue weighted by atomic mass is 16.5. The van der Waals surface area contributed by atoms with Crippen LogP contribution in [0.15, 0.2) is 23.0 Å². The molecule has 1 saturated heterocycles. The number of hydrogen-bond donors (Lipinski definition) is 1. The van der Waals surface area contributed by atoms with E-state index in [2.05, 4.69) is 4.98 Å². The molecule has 1 unspecified atom stereocenters. The number of imidazole rings is 1. The zero-order valence-corrected chi connectivity index (χ0v) is 9.19. The van der Waals surface area contributed by atoms with Crippen molar-refractivity contribution in [2.75, 3.05) is 13.2 Å². The number of nitrogens with one attached hydrogen (secondary N) is 1. The number of nitrogens with zero attached hydrogens (tertiary/aromatic N) is 1. The van der Waals surface area contributed by atoms with E-state index in [4.69, 9.17) is 4.74 Å². The Morgan fingerprint density at radius 3 is 3.12 bits per heavy atom. The van der Waals surface area contributed by atoms with Crippen molar-refractivity contribution in [3.05, 3.63) is 34.2 Å². The smallest absolute Gasteiger partial charge is 0.326 e. The Hall–Kier alpha value is -1.55. The zero-order valence-electron chi connectivity index (χ0n) is 9.19. The van der Waals surface area contributed by atoms with Crippen LogP contribution in [0.1, 0.15) is 18.0 Å². The Balaban J connectivity index is 2.25. The lowest BCUT2D eigenvalue weighted by molar-refractivity contribution is 0.186. The van der Waals surface area contributed by atoms with Crippen LogP contribution < -0.4 is 5.69 Å². The van der Waals surface area contributed by atoms with Gasteiger partial charge in [0.1, 0.15) is 0 Å². The molecule has 1 aliphatic heterocycles. The van der Waals surface area contributed by atoms with Crippen LogP contribution in [0.3, 0.4) is 0 Å². The van der Waals surface area contributed by atoms with Gasteiger partial charge < -0.3 is 9.72 Å². The van der Waals surface area contributed by atoms with Gasteiger partial charge in [0.2, 0.25) is 0 Å². The molecule has 0 radical (unpaired) electrons. The van der Waals surface area contributed by atoms with E-state index in [-0.39, 0.29) is 11.7 Å². The van der Waals surface area contributed by atoms with Crippen molar-refractivity contribution < 1.29 is 4.74 Å². The number of benzene rings is 1. The van der Waals surface area contributed by atoms with Crippen molar-refractivity contribution in [1.82, 2.24) is 9.55 Å². The van der Waals surface area contributed by atoms with E-state index in [9.17, 15) is 4.79 Å². The topological polar surface area (TPSA) is 47.0 Å². The summed E-state index contributed by atoms with van der Waals surface area (Å²) in [5.41, 5.74) is 3.03. The molecule has 0 aliphatic carbocycles. The third kappa shape index (κ3) is 1.38. The quantitative estimate of drug-likeness (QED) is 0.790. The number of aromatic nitrogens is 2. The predicted octanol–water partition coefficient (Wildman–Crippen LogP) is 1.60. The fourth-order valence-corrected chi connectivity index (χ4v) is 2.32. The summed E-state index contributed by atoms with van der Waals surface area (Å²) in [7, 11) is 0. The van der Waals surface area contributed by atoms with E-state index in [1.165, 1.54) is 5.56 Å². The molecule has 3 rings (SSSR count). The molecule has 2 heterocycles. The highest BCUT2D eigenvalue weighted by Gasteiger charge is 2.21. The minimum atomic E-state index is -0.0314. The molecule has 0 amide bonds. The van der Waals surface area contributed by atoms with Crippen LogP contribution in [0, 0.1) is 6.92 Å². The normalized spacial score (nSPS) is 20.7. The van der Waals surface area contributed by atoms with E-state index >= 15 is 0 Å². The third-order valence-corrected chi connectivity index (χ3v) is 3.14. The summed E-state index contributed by atoms with van der Waals surface area (Å²) in [4.78, 5) is 14.8. The van der Waals surface area contributed by atoms with Gasteiger partial charge in [-0.15, -0.1) is 0 Å².